The minimum Gasteiger partial charge on any atom is -0.371 e. The van der Waals surface area contributed by atoms with Crippen LogP contribution < -0.4 is 15.5 Å². The van der Waals surface area contributed by atoms with Crippen molar-refractivity contribution in [2.24, 2.45) is 0 Å². The van der Waals surface area contributed by atoms with Crippen LogP contribution >= 0.6 is 0 Å². The summed E-state index contributed by atoms with van der Waals surface area (Å²) in [6.45, 7) is 4.09. The lowest BCUT2D eigenvalue weighted by Gasteiger charge is -2.19. The Kier molecular flexibility index (Phi) is 5.69. The molecule has 0 aliphatic carbocycles. The topological polar surface area (TPSA) is 81.0 Å². The standard InChI is InChI=1S/C20H23N5O/c1-15(23-19-8-7-16(13-21)14-22-19)11-20(26)24-17-5-4-6-18(12-17)25-9-2-3-10-25/h4-8,12,14-15H,2-3,9-11H2,1H3,(H,22,23)(H,24,26)/t15-/m1/s1. The largest absolute Gasteiger partial charge is 0.371 e. The van der Waals surface area contributed by atoms with Gasteiger partial charge >= 0.3 is 0 Å². The Balaban J connectivity index is 1.53. The smallest absolute Gasteiger partial charge is 0.226 e. The van der Waals surface area contributed by atoms with Crippen molar-refractivity contribution in [3.05, 3.63) is 48.2 Å². The summed E-state index contributed by atoms with van der Waals surface area (Å²) in [6, 6.07) is 13.4. The molecule has 1 aliphatic rings. The van der Waals surface area contributed by atoms with Gasteiger partial charge in [0, 0.05) is 43.1 Å². The van der Waals surface area contributed by atoms with Crippen LogP contribution in [-0.2, 0) is 4.79 Å². The fourth-order valence-corrected chi connectivity index (χ4v) is 3.09. The molecule has 2 N–H and O–H groups in total. The average molecular weight is 349 g/mol. The summed E-state index contributed by atoms with van der Waals surface area (Å²) in [5.41, 5.74) is 2.50. The van der Waals surface area contributed by atoms with E-state index in [4.69, 9.17) is 5.26 Å². The van der Waals surface area contributed by atoms with Crippen LogP contribution in [0, 0.1) is 11.3 Å². The van der Waals surface area contributed by atoms with E-state index in [9.17, 15) is 4.79 Å². The number of carbonyl (C=O) groups excluding carboxylic acids is 1. The van der Waals surface area contributed by atoms with Crippen LogP contribution in [0.3, 0.4) is 0 Å². The minimum absolute atomic E-state index is 0.0442. The fourth-order valence-electron chi connectivity index (χ4n) is 3.09. The van der Waals surface area contributed by atoms with Crippen molar-refractivity contribution in [3.63, 3.8) is 0 Å². The molecule has 2 aromatic rings. The van der Waals surface area contributed by atoms with E-state index in [0.29, 0.717) is 17.8 Å². The lowest BCUT2D eigenvalue weighted by Crippen LogP contribution is -2.24. The summed E-state index contributed by atoms with van der Waals surface area (Å²) in [4.78, 5) is 18.8. The van der Waals surface area contributed by atoms with E-state index >= 15 is 0 Å². The predicted octanol–water partition coefficient (Wildman–Crippen LogP) is 3.38. The molecule has 0 saturated carbocycles. The molecule has 6 heteroatoms. The van der Waals surface area contributed by atoms with Gasteiger partial charge in [-0.3, -0.25) is 4.79 Å². The maximum absolute atomic E-state index is 12.3. The van der Waals surface area contributed by atoms with Crippen LogP contribution in [0.15, 0.2) is 42.6 Å². The summed E-state index contributed by atoms with van der Waals surface area (Å²) >= 11 is 0. The molecule has 1 atom stereocenters. The molecule has 1 aliphatic heterocycles. The Morgan fingerprint density at radius 1 is 1.31 bits per heavy atom. The van der Waals surface area contributed by atoms with E-state index in [1.807, 2.05) is 31.2 Å². The van der Waals surface area contributed by atoms with E-state index in [-0.39, 0.29) is 11.9 Å². The molecule has 1 aromatic carbocycles. The number of nitrogens with one attached hydrogen (secondary N) is 2. The van der Waals surface area contributed by atoms with Crippen LogP contribution in [0.5, 0.6) is 0 Å². The molecule has 6 nitrogen and oxygen atoms in total. The first-order chi connectivity index (χ1) is 12.6. The second-order valence-corrected chi connectivity index (χ2v) is 6.59. The Morgan fingerprint density at radius 3 is 2.81 bits per heavy atom. The zero-order chi connectivity index (χ0) is 18.4. The van der Waals surface area contributed by atoms with Crippen molar-refractivity contribution < 1.29 is 4.79 Å². The lowest BCUT2D eigenvalue weighted by atomic mass is 10.2. The molecule has 0 bridgehead atoms. The minimum atomic E-state index is -0.0720. The molecule has 0 unspecified atom stereocenters. The van der Waals surface area contributed by atoms with Gasteiger partial charge in [-0.15, -0.1) is 0 Å². The first-order valence-corrected chi connectivity index (χ1v) is 8.91. The summed E-state index contributed by atoms with van der Waals surface area (Å²) in [5.74, 6) is 0.609. The molecule has 1 fully saturated rings. The molecule has 0 radical (unpaired) electrons. The van der Waals surface area contributed by atoms with Crippen LogP contribution in [0.25, 0.3) is 0 Å². The summed E-state index contributed by atoms with van der Waals surface area (Å²) < 4.78 is 0. The highest BCUT2D eigenvalue weighted by molar-refractivity contribution is 5.91. The number of carbonyl (C=O) groups is 1. The van der Waals surface area contributed by atoms with Gasteiger partial charge in [0.05, 0.1) is 5.56 Å². The van der Waals surface area contributed by atoms with E-state index in [1.165, 1.54) is 19.0 Å². The Hall–Kier alpha value is -3.07. The zero-order valence-electron chi connectivity index (χ0n) is 14.9. The van der Waals surface area contributed by atoms with Crippen molar-refractivity contribution in [2.75, 3.05) is 28.6 Å². The summed E-state index contributed by atoms with van der Waals surface area (Å²) in [6.07, 6.45) is 4.29. The quantitative estimate of drug-likeness (QED) is 0.835. The summed E-state index contributed by atoms with van der Waals surface area (Å²) in [7, 11) is 0. The van der Waals surface area contributed by atoms with Gasteiger partial charge in [0.15, 0.2) is 0 Å². The van der Waals surface area contributed by atoms with E-state index in [2.05, 4.69) is 26.6 Å². The number of amides is 1. The van der Waals surface area contributed by atoms with Crippen LogP contribution in [0.4, 0.5) is 17.2 Å². The number of anilines is 3. The number of aromatic nitrogens is 1. The van der Waals surface area contributed by atoms with Gasteiger partial charge in [-0.25, -0.2) is 4.98 Å². The molecule has 134 valence electrons. The van der Waals surface area contributed by atoms with Crippen LogP contribution in [-0.4, -0.2) is 30.0 Å². The maximum atomic E-state index is 12.3. The highest BCUT2D eigenvalue weighted by Gasteiger charge is 2.14. The van der Waals surface area contributed by atoms with Gasteiger partial charge in [0.2, 0.25) is 5.91 Å². The number of hydrogen-bond acceptors (Lipinski definition) is 5. The van der Waals surface area contributed by atoms with Gasteiger partial charge < -0.3 is 15.5 Å². The van der Waals surface area contributed by atoms with Crippen molar-refractivity contribution in [1.29, 1.82) is 5.26 Å². The number of nitriles is 1. The van der Waals surface area contributed by atoms with Gasteiger partial charge in [-0.2, -0.15) is 5.26 Å². The van der Waals surface area contributed by atoms with Gasteiger partial charge in [-0.1, -0.05) is 6.07 Å². The zero-order valence-corrected chi connectivity index (χ0v) is 14.9. The maximum Gasteiger partial charge on any atom is 0.226 e. The third kappa shape index (κ3) is 4.73. The molecule has 26 heavy (non-hydrogen) atoms. The second-order valence-electron chi connectivity index (χ2n) is 6.59. The Bertz CT molecular complexity index is 791. The van der Waals surface area contributed by atoms with Crippen LogP contribution in [0.2, 0.25) is 0 Å². The van der Waals surface area contributed by atoms with Crippen molar-refractivity contribution >= 4 is 23.1 Å². The number of benzene rings is 1. The van der Waals surface area contributed by atoms with Crippen molar-refractivity contribution in [1.82, 2.24) is 4.98 Å². The van der Waals surface area contributed by atoms with E-state index < -0.39 is 0 Å². The van der Waals surface area contributed by atoms with Crippen molar-refractivity contribution in [2.45, 2.75) is 32.2 Å². The van der Waals surface area contributed by atoms with Gasteiger partial charge in [0.25, 0.3) is 0 Å². The lowest BCUT2D eigenvalue weighted by molar-refractivity contribution is -0.116. The summed E-state index contributed by atoms with van der Waals surface area (Å²) in [5, 5.41) is 14.9. The Labute approximate surface area is 153 Å². The third-order valence-corrected chi connectivity index (χ3v) is 4.38. The SMILES string of the molecule is C[C@H](CC(=O)Nc1cccc(N2CCCC2)c1)Nc1ccc(C#N)cn1. The molecule has 1 saturated heterocycles. The van der Waals surface area contributed by atoms with E-state index in [0.717, 1.165) is 24.5 Å². The molecule has 2 heterocycles. The second kappa shape index (κ2) is 8.34. The molecule has 1 amide bonds. The fraction of sp³-hybridized carbons (Fsp3) is 0.350. The highest BCUT2D eigenvalue weighted by atomic mass is 16.1. The number of nitrogens with zero attached hydrogens (tertiary/aromatic N) is 3. The molecule has 1 aromatic heterocycles. The number of hydrogen-bond donors (Lipinski definition) is 2. The third-order valence-electron chi connectivity index (χ3n) is 4.38. The first kappa shape index (κ1) is 17.7. The van der Waals surface area contributed by atoms with Gasteiger partial charge in [-0.05, 0) is 50.1 Å². The number of rotatable bonds is 6. The molecule has 3 rings (SSSR count). The van der Waals surface area contributed by atoms with E-state index in [1.54, 1.807) is 12.1 Å². The highest BCUT2D eigenvalue weighted by Crippen LogP contribution is 2.23. The molecular formula is C20H23N5O. The van der Waals surface area contributed by atoms with Crippen molar-refractivity contribution in [3.8, 4) is 6.07 Å². The van der Waals surface area contributed by atoms with Gasteiger partial charge in [0.1, 0.15) is 11.9 Å². The average Bonchev–Trinajstić information content (AvgIpc) is 3.17. The monoisotopic (exact) mass is 349 g/mol. The normalized spacial score (nSPS) is 14.5. The molecular weight excluding hydrogens is 326 g/mol. The first-order valence-electron chi connectivity index (χ1n) is 8.91. The number of pyridine rings is 1. The van der Waals surface area contributed by atoms with Crippen LogP contribution in [0.1, 0.15) is 31.7 Å². The molecule has 0 spiro atoms. The Morgan fingerprint density at radius 2 is 2.12 bits per heavy atom. The predicted molar refractivity (Wildman–Crippen MR) is 103 cm³/mol.